The first-order chi connectivity index (χ1) is 10.7. The Hall–Kier alpha value is -1.94. The number of carbonyl (C=O) groups is 1. The minimum absolute atomic E-state index is 0.157. The van der Waals surface area contributed by atoms with Gasteiger partial charge in [0.2, 0.25) is 0 Å². The van der Waals surface area contributed by atoms with Gasteiger partial charge in [-0.15, -0.1) is 0 Å². The summed E-state index contributed by atoms with van der Waals surface area (Å²) in [6.07, 6.45) is 4.46. The van der Waals surface area contributed by atoms with Crippen LogP contribution in [0, 0.1) is 0 Å². The molecule has 116 valence electrons. The van der Waals surface area contributed by atoms with Gasteiger partial charge in [-0.25, -0.2) is 0 Å². The molecule has 0 radical (unpaired) electrons. The van der Waals surface area contributed by atoms with Crippen LogP contribution in [0.2, 0.25) is 5.02 Å². The quantitative estimate of drug-likeness (QED) is 0.899. The fourth-order valence-electron chi connectivity index (χ4n) is 2.61. The molecule has 1 amide bonds. The van der Waals surface area contributed by atoms with Crippen molar-refractivity contribution in [2.75, 3.05) is 0 Å². The van der Waals surface area contributed by atoms with Crippen molar-refractivity contribution < 1.29 is 13.9 Å². The van der Waals surface area contributed by atoms with Gasteiger partial charge >= 0.3 is 0 Å². The zero-order chi connectivity index (χ0) is 15.4. The molecular weight excluding hydrogens is 302 g/mol. The van der Waals surface area contributed by atoms with Gasteiger partial charge in [0.15, 0.2) is 5.76 Å². The predicted molar refractivity (Wildman–Crippen MR) is 84.2 cm³/mol. The number of amides is 1. The molecule has 2 aromatic rings. The number of rotatable bonds is 5. The molecular formula is C17H18ClNO3. The molecule has 0 atom stereocenters. The summed E-state index contributed by atoms with van der Waals surface area (Å²) in [4.78, 5) is 12.1. The van der Waals surface area contributed by atoms with Crippen LogP contribution in [0.15, 0.2) is 40.8 Å². The highest BCUT2D eigenvalue weighted by atomic mass is 35.5. The van der Waals surface area contributed by atoms with E-state index < -0.39 is 0 Å². The standard InChI is InChI=1S/C17H18ClNO3/c18-14-7-3-4-8-15(14)21-11-13-9-10-16(22-13)17(20)19-12-5-1-2-6-12/h3-4,7-10,12H,1-2,5-6,11H2,(H,19,20). The van der Waals surface area contributed by atoms with Gasteiger partial charge in [-0.3, -0.25) is 4.79 Å². The number of para-hydroxylation sites is 1. The number of hydrogen-bond acceptors (Lipinski definition) is 3. The van der Waals surface area contributed by atoms with Crippen molar-refractivity contribution in [1.29, 1.82) is 0 Å². The first kappa shape index (κ1) is 15.0. The van der Waals surface area contributed by atoms with Crippen LogP contribution in [-0.2, 0) is 6.61 Å². The first-order valence-corrected chi connectivity index (χ1v) is 7.87. The first-order valence-electron chi connectivity index (χ1n) is 7.49. The van der Waals surface area contributed by atoms with Crippen molar-refractivity contribution in [3.63, 3.8) is 0 Å². The van der Waals surface area contributed by atoms with Crippen LogP contribution in [-0.4, -0.2) is 11.9 Å². The van der Waals surface area contributed by atoms with Crippen LogP contribution in [0.4, 0.5) is 0 Å². The molecule has 0 spiro atoms. The molecule has 1 aliphatic carbocycles. The summed E-state index contributed by atoms with van der Waals surface area (Å²) in [6.45, 7) is 0.237. The van der Waals surface area contributed by atoms with Crippen molar-refractivity contribution in [3.8, 4) is 5.75 Å². The number of furan rings is 1. The molecule has 0 saturated heterocycles. The molecule has 1 heterocycles. The molecule has 5 heteroatoms. The summed E-state index contributed by atoms with van der Waals surface area (Å²) in [5.74, 6) is 1.36. The zero-order valence-electron chi connectivity index (χ0n) is 12.2. The smallest absolute Gasteiger partial charge is 0.287 e. The fraction of sp³-hybridized carbons (Fsp3) is 0.353. The summed E-state index contributed by atoms with van der Waals surface area (Å²) < 4.78 is 11.1. The minimum atomic E-state index is -0.157. The molecule has 1 N–H and O–H groups in total. The maximum atomic E-state index is 12.1. The summed E-state index contributed by atoms with van der Waals surface area (Å²) in [6, 6.07) is 11.0. The third-order valence-corrected chi connectivity index (χ3v) is 4.09. The zero-order valence-corrected chi connectivity index (χ0v) is 12.9. The number of halogens is 1. The van der Waals surface area contributed by atoms with E-state index in [0.717, 1.165) is 12.8 Å². The number of hydrogen-bond donors (Lipinski definition) is 1. The normalized spacial score (nSPS) is 15.0. The van der Waals surface area contributed by atoms with E-state index in [9.17, 15) is 4.79 Å². The predicted octanol–water partition coefficient (Wildman–Crippen LogP) is 4.18. The molecule has 0 bridgehead atoms. The lowest BCUT2D eigenvalue weighted by molar-refractivity contribution is 0.0905. The molecule has 0 unspecified atom stereocenters. The van der Waals surface area contributed by atoms with Gasteiger partial charge < -0.3 is 14.5 Å². The van der Waals surface area contributed by atoms with Gasteiger partial charge in [-0.2, -0.15) is 0 Å². The molecule has 1 saturated carbocycles. The topological polar surface area (TPSA) is 51.5 Å². The molecule has 22 heavy (non-hydrogen) atoms. The second kappa shape index (κ2) is 6.88. The van der Waals surface area contributed by atoms with Gasteiger partial charge in [0, 0.05) is 6.04 Å². The molecule has 1 aromatic heterocycles. The van der Waals surface area contributed by atoms with Gasteiger partial charge in [-0.05, 0) is 37.1 Å². The van der Waals surface area contributed by atoms with E-state index in [1.54, 1.807) is 24.3 Å². The van der Waals surface area contributed by atoms with E-state index in [1.165, 1.54) is 12.8 Å². The van der Waals surface area contributed by atoms with Crippen molar-refractivity contribution >= 4 is 17.5 Å². The van der Waals surface area contributed by atoms with Crippen LogP contribution >= 0.6 is 11.6 Å². The average molecular weight is 320 g/mol. The van der Waals surface area contributed by atoms with Gasteiger partial charge in [-0.1, -0.05) is 36.6 Å². The Kier molecular flexibility index (Phi) is 4.68. The maximum Gasteiger partial charge on any atom is 0.287 e. The Labute approximate surface area is 134 Å². The lowest BCUT2D eigenvalue weighted by Crippen LogP contribution is -2.32. The number of ether oxygens (including phenoxy) is 1. The SMILES string of the molecule is O=C(NC1CCCC1)c1ccc(COc2ccccc2Cl)o1. The van der Waals surface area contributed by atoms with E-state index in [0.29, 0.717) is 22.3 Å². The number of carbonyl (C=O) groups excluding carboxylic acids is 1. The second-order valence-corrected chi connectivity index (χ2v) is 5.85. The second-order valence-electron chi connectivity index (χ2n) is 5.44. The average Bonchev–Trinajstić information content (AvgIpc) is 3.18. The molecule has 3 rings (SSSR count). The summed E-state index contributed by atoms with van der Waals surface area (Å²) >= 11 is 6.02. The Morgan fingerprint density at radius 1 is 1.23 bits per heavy atom. The lowest BCUT2D eigenvalue weighted by Gasteiger charge is -2.10. The summed E-state index contributed by atoms with van der Waals surface area (Å²) in [7, 11) is 0. The third kappa shape index (κ3) is 3.63. The molecule has 1 fully saturated rings. The highest BCUT2D eigenvalue weighted by Gasteiger charge is 2.19. The summed E-state index contributed by atoms with van der Waals surface area (Å²) in [5.41, 5.74) is 0. The van der Waals surface area contributed by atoms with Gasteiger partial charge in [0.1, 0.15) is 18.1 Å². The minimum Gasteiger partial charge on any atom is -0.484 e. The molecule has 4 nitrogen and oxygen atoms in total. The molecule has 1 aliphatic rings. The van der Waals surface area contributed by atoms with Crippen molar-refractivity contribution in [3.05, 3.63) is 52.9 Å². The van der Waals surface area contributed by atoms with E-state index in [1.807, 2.05) is 12.1 Å². The fourth-order valence-corrected chi connectivity index (χ4v) is 2.81. The van der Waals surface area contributed by atoms with Crippen LogP contribution in [0.1, 0.15) is 42.0 Å². The van der Waals surface area contributed by atoms with Crippen LogP contribution in [0.25, 0.3) is 0 Å². The van der Waals surface area contributed by atoms with Crippen LogP contribution in [0.5, 0.6) is 5.75 Å². The number of benzene rings is 1. The Morgan fingerprint density at radius 2 is 2.00 bits per heavy atom. The summed E-state index contributed by atoms with van der Waals surface area (Å²) in [5, 5.41) is 3.55. The molecule has 0 aliphatic heterocycles. The Balaban J connectivity index is 1.56. The van der Waals surface area contributed by atoms with Crippen LogP contribution in [0.3, 0.4) is 0 Å². The third-order valence-electron chi connectivity index (χ3n) is 3.78. The van der Waals surface area contributed by atoms with Crippen LogP contribution < -0.4 is 10.1 Å². The van der Waals surface area contributed by atoms with Gasteiger partial charge in [0.25, 0.3) is 5.91 Å². The van der Waals surface area contributed by atoms with Crippen molar-refractivity contribution in [1.82, 2.24) is 5.32 Å². The largest absolute Gasteiger partial charge is 0.484 e. The van der Waals surface area contributed by atoms with Gasteiger partial charge in [0.05, 0.1) is 5.02 Å². The maximum absolute atomic E-state index is 12.1. The highest BCUT2D eigenvalue weighted by molar-refractivity contribution is 6.32. The van der Waals surface area contributed by atoms with E-state index >= 15 is 0 Å². The lowest BCUT2D eigenvalue weighted by atomic mass is 10.2. The monoisotopic (exact) mass is 319 g/mol. The van der Waals surface area contributed by atoms with Crippen molar-refractivity contribution in [2.24, 2.45) is 0 Å². The Morgan fingerprint density at radius 3 is 2.77 bits per heavy atom. The van der Waals surface area contributed by atoms with Crippen molar-refractivity contribution in [2.45, 2.75) is 38.3 Å². The van der Waals surface area contributed by atoms with E-state index in [2.05, 4.69) is 5.32 Å². The van der Waals surface area contributed by atoms with E-state index in [-0.39, 0.29) is 18.6 Å². The molecule has 1 aromatic carbocycles. The highest BCUT2D eigenvalue weighted by Crippen LogP contribution is 2.24. The Bertz CT molecular complexity index is 647. The van der Waals surface area contributed by atoms with E-state index in [4.69, 9.17) is 20.8 Å². The number of nitrogens with one attached hydrogen (secondary N) is 1.